The monoisotopic (exact) mass is 262 g/mol. The Kier molecular flexibility index (Phi) is 5.67. The van der Waals surface area contributed by atoms with E-state index in [-0.39, 0.29) is 0 Å². The lowest BCUT2D eigenvalue weighted by Crippen LogP contribution is -2.46. The Balaban J connectivity index is 2.20. The summed E-state index contributed by atoms with van der Waals surface area (Å²) < 4.78 is 5.43. The predicted octanol–water partition coefficient (Wildman–Crippen LogP) is 2.45. The number of fused-ring (bicyclic) bond motifs is 1. The minimum atomic E-state index is 0.421. The molecule has 0 radical (unpaired) electrons. The van der Waals surface area contributed by atoms with Gasteiger partial charge in [-0.1, -0.05) is 25.1 Å². The van der Waals surface area contributed by atoms with Crippen LogP contribution in [0.2, 0.25) is 0 Å². The van der Waals surface area contributed by atoms with Gasteiger partial charge in [0.1, 0.15) is 0 Å². The molecule has 0 aromatic heterocycles. The molecule has 2 rings (SSSR count). The molecule has 0 saturated heterocycles. The van der Waals surface area contributed by atoms with Gasteiger partial charge in [0, 0.05) is 25.9 Å². The van der Waals surface area contributed by atoms with Gasteiger partial charge in [0.25, 0.3) is 0 Å². The van der Waals surface area contributed by atoms with E-state index in [0.29, 0.717) is 6.04 Å². The minimum absolute atomic E-state index is 0.421. The van der Waals surface area contributed by atoms with Crippen molar-refractivity contribution in [3.05, 3.63) is 29.8 Å². The number of benzene rings is 1. The van der Waals surface area contributed by atoms with Gasteiger partial charge in [-0.2, -0.15) is 0 Å². The van der Waals surface area contributed by atoms with E-state index in [1.54, 1.807) is 7.11 Å². The SMILES string of the molecule is CCNCC(COC)N1CCCCc2ccccc21. The number of nitrogens with one attached hydrogen (secondary N) is 1. The number of aryl methyl sites for hydroxylation is 1. The molecule has 1 aliphatic rings. The number of rotatable bonds is 6. The highest BCUT2D eigenvalue weighted by molar-refractivity contribution is 5.55. The first-order valence-corrected chi connectivity index (χ1v) is 7.41. The van der Waals surface area contributed by atoms with E-state index in [2.05, 4.69) is 41.4 Å². The molecule has 0 fully saturated rings. The van der Waals surface area contributed by atoms with Crippen molar-refractivity contribution in [2.24, 2.45) is 0 Å². The van der Waals surface area contributed by atoms with E-state index in [4.69, 9.17) is 4.74 Å². The van der Waals surface area contributed by atoms with Crippen LogP contribution in [0.1, 0.15) is 25.3 Å². The Morgan fingerprint density at radius 1 is 1.32 bits per heavy atom. The molecule has 106 valence electrons. The summed E-state index contributed by atoms with van der Waals surface area (Å²) in [4.78, 5) is 2.54. The van der Waals surface area contributed by atoms with Crippen LogP contribution in [0.15, 0.2) is 24.3 Å². The Bertz CT molecular complexity index is 381. The van der Waals surface area contributed by atoms with Crippen molar-refractivity contribution in [3.63, 3.8) is 0 Å². The van der Waals surface area contributed by atoms with E-state index < -0.39 is 0 Å². The van der Waals surface area contributed by atoms with E-state index in [1.807, 2.05) is 0 Å². The summed E-state index contributed by atoms with van der Waals surface area (Å²) in [5.41, 5.74) is 2.89. The van der Waals surface area contributed by atoms with Crippen LogP contribution < -0.4 is 10.2 Å². The predicted molar refractivity (Wildman–Crippen MR) is 80.9 cm³/mol. The maximum atomic E-state index is 5.43. The largest absolute Gasteiger partial charge is 0.383 e. The molecule has 1 unspecified atom stereocenters. The lowest BCUT2D eigenvalue weighted by Gasteiger charge is -2.33. The zero-order valence-corrected chi connectivity index (χ0v) is 12.2. The van der Waals surface area contributed by atoms with Gasteiger partial charge in [0.05, 0.1) is 12.6 Å². The molecule has 3 nitrogen and oxygen atoms in total. The Morgan fingerprint density at radius 3 is 2.95 bits per heavy atom. The zero-order valence-electron chi connectivity index (χ0n) is 12.2. The Labute approximate surface area is 116 Å². The normalized spacial score (nSPS) is 16.8. The minimum Gasteiger partial charge on any atom is -0.383 e. The van der Waals surface area contributed by atoms with Crippen LogP contribution in [-0.2, 0) is 11.2 Å². The fourth-order valence-electron chi connectivity index (χ4n) is 2.86. The third-order valence-corrected chi connectivity index (χ3v) is 3.83. The van der Waals surface area contributed by atoms with Crippen molar-refractivity contribution >= 4 is 5.69 Å². The third-order valence-electron chi connectivity index (χ3n) is 3.83. The number of nitrogens with zero attached hydrogens (tertiary/aromatic N) is 1. The van der Waals surface area contributed by atoms with Crippen LogP contribution >= 0.6 is 0 Å². The van der Waals surface area contributed by atoms with Crippen molar-refractivity contribution in [3.8, 4) is 0 Å². The standard InChI is InChI=1S/C16H26N2O/c1-3-17-12-15(13-19-2)18-11-7-6-9-14-8-4-5-10-16(14)18/h4-5,8,10,15,17H,3,6-7,9,11-13H2,1-2H3. The van der Waals surface area contributed by atoms with Crippen LogP contribution in [0.3, 0.4) is 0 Å². The van der Waals surface area contributed by atoms with E-state index >= 15 is 0 Å². The van der Waals surface area contributed by atoms with E-state index in [9.17, 15) is 0 Å². The summed E-state index contributed by atoms with van der Waals surface area (Å²) in [6.45, 7) is 6.06. The van der Waals surface area contributed by atoms with Gasteiger partial charge in [-0.05, 0) is 37.4 Å². The molecule has 1 aromatic rings. The molecule has 1 atom stereocenters. The first-order valence-electron chi connectivity index (χ1n) is 7.41. The number of hydrogen-bond acceptors (Lipinski definition) is 3. The van der Waals surface area contributed by atoms with Crippen LogP contribution in [0.4, 0.5) is 5.69 Å². The molecule has 19 heavy (non-hydrogen) atoms. The van der Waals surface area contributed by atoms with Gasteiger partial charge >= 0.3 is 0 Å². The summed E-state index contributed by atoms with van der Waals surface area (Å²) in [5.74, 6) is 0. The van der Waals surface area contributed by atoms with Crippen LogP contribution in [-0.4, -0.2) is 39.4 Å². The molecule has 0 amide bonds. The summed E-state index contributed by atoms with van der Waals surface area (Å²) in [7, 11) is 1.79. The molecule has 1 heterocycles. The number of hydrogen-bond donors (Lipinski definition) is 1. The van der Waals surface area contributed by atoms with Crippen molar-refractivity contribution < 1.29 is 4.74 Å². The fourth-order valence-corrected chi connectivity index (χ4v) is 2.86. The highest BCUT2D eigenvalue weighted by atomic mass is 16.5. The van der Waals surface area contributed by atoms with Crippen molar-refractivity contribution in [2.45, 2.75) is 32.2 Å². The number of para-hydroxylation sites is 1. The van der Waals surface area contributed by atoms with Crippen LogP contribution in [0, 0.1) is 0 Å². The van der Waals surface area contributed by atoms with Gasteiger partial charge in [-0.3, -0.25) is 0 Å². The van der Waals surface area contributed by atoms with Crippen molar-refractivity contribution in [1.29, 1.82) is 0 Å². The Hall–Kier alpha value is -1.06. The molecule has 0 bridgehead atoms. The number of likely N-dealkylation sites (N-methyl/N-ethyl adjacent to an activating group) is 1. The van der Waals surface area contributed by atoms with Crippen molar-refractivity contribution in [2.75, 3.05) is 38.3 Å². The topological polar surface area (TPSA) is 24.5 Å². The molecule has 3 heteroatoms. The summed E-state index contributed by atoms with van der Waals surface area (Å²) in [6, 6.07) is 9.25. The second-order valence-corrected chi connectivity index (χ2v) is 5.20. The number of anilines is 1. The lowest BCUT2D eigenvalue weighted by atomic mass is 10.1. The smallest absolute Gasteiger partial charge is 0.0678 e. The van der Waals surface area contributed by atoms with Gasteiger partial charge in [-0.25, -0.2) is 0 Å². The van der Waals surface area contributed by atoms with Gasteiger partial charge in [0.15, 0.2) is 0 Å². The lowest BCUT2D eigenvalue weighted by molar-refractivity contribution is 0.175. The number of ether oxygens (including phenoxy) is 1. The highest BCUT2D eigenvalue weighted by Crippen LogP contribution is 2.27. The first kappa shape index (κ1) is 14.4. The molecule has 1 N–H and O–H groups in total. The molecule has 0 spiro atoms. The summed E-state index contributed by atoms with van der Waals surface area (Å²) >= 11 is 0. The quantitative estimate of drug-likeness (QED) is 0.852. The van der Waals surface area contributed by atoms with Gasteiger partial charge < -0.3 is 15.0 Å². The molecule has 0 saturated carbocycles. The summed E-state index contributed by atoms with van der Waals surface area (Å²) in [6.07, 6.45) is 3.75. The van der Waals surface area contributed by atoms with Crippen LogP contribution in [0.25, 0.3) is 0 Å². The van der Waals surface area contributed by atoms with Crippen LogP contribution in [0.5, 0.6) is 0 Å². The fraction of sp³-hybridized carbons (Fsp3) is 0.625. The average molecular weight is 262 g/mol. The van der Waals surface area contributed by atoms with Crippen molar-refractivity contribution in [1.82, 2.24) is 5.32 Å². The van der Waals surface area contributed by atoms with E-state index in [0.717, 1.165) is 26.2 Å². The maximum Gasteiger partial charge on any atom is 0.0678 e. The summed E-state index contributed by atoms with van der Waals surface area (Å²) in [5, 5.41) is 3.46. The van der Waals surface area contributed by atoms with Gasteiger partial charge in [0.2, 0.25) is 0 Å². The second kappa shape index (κ2) is 7.51. The Morgan fingerprint density at radius 2 is 2.16 bits per heavy atom. The number of methoxy groups -OCH3 is 1. The molecule has 0 aliphatic carbocycles. The zero-order chi connectivity index (χ0) is 13.5. The average Bonchev–Trinajstić information content (AvgIpc) is 2.66. The highest BCUT2D eigenvalue weighted by Gasteiger charge is 2.22. The first-order chi connectivity index (χ1) is 9.36. The maximum absolute atomic E-state index is 5.43. The molecule has 1 aromatic carbocycles. The van der Waals surface area contributed by atoms with Gasteiger partial charge in [-0.15, -0.1) is 0 Å². The van der Waals surface area contributed by atoms with E-state index in [1.165, 1.54) is 30.5 Å². The molecular weight excluding hydrogens is 236 g/mol. The molecule has 1 aliphatic heterocycles. The third kappa shape index (κ3) is 3.71. The second-order valence-electron chi connectivity index (χ2n) is 5.20. The molecular formula is C16H26N2O.